The van der Waals surface area contributed by atoms with Gasteiger partial charge in [0.1, 0.15) is 4.90 Å². The van der Waals surface area contributed by atoms with Gasteiger partial charge >= 0.3 is 6.18 Å². The van der Waals surface area contributed by atoms with E-state index in [0.717, 1.165) is 6.07 Å². The minimum atomic E-state index is -4.70. The number of amides is 1. The molecule has 0 aliphatic heterocycles. The van der Waals surface area contributed by atoms with Gasteiger partial charge < -0.3 is 5.32 Å². The molecule has 140 valence electrons. The number of anilines is 1. The highest BCUT2D eigenvalue weighted by atomic mass is 35.5. The summed E-state index contributed by atoms with van der Waals surface area (Å²) in [5.41, 5.74) is -0.592. The molecule has 2 aromatic carbocycles. The first-order chi connectivity index (χ1) is 12.1. The molecule has 2 N–H and O–H groups in total. The quantitative estimate of drug-likeness (QED) is 0.768. The molecule has 0 aliphatic carbocycles. The van der Waals surface area contributed by atoms with Crippen molar-refractivity contribution in [2.75, 3.05) is 11.9 Å². The largest absolute Gasteiger partial charge is 0.416 e. The summed E-state index contributed by atoms with van der Waals surface area (Å²) in [6, 6.07) is 10.5. The summed E-state index contributed by atoms with van der Waals surface area (Å²) in [4.78, 5) is 11.1. The number of halogens is 4. The number of hydrogen-bond donors (Lipinski definition) is 2. The van der Waals surface area contributed by atoms with Gasteiger partial charge in [0.05, 0.1) is 10.6 Å². The molecule has 0 aliphatic rings. The highest BCUT2D eigenvalue weighted by Gasteiger charge is 2.32. The smallest absolute Gasteiger partial charge is 0.326 e. The Labute approximate surface area is 153 Å². The van der Waals surface area contributed by atoms with Crippen molar-refractivity contribution in [3.63, 3.8) is 0 Å². The van der Waals surface area contributed by atoms with E-state index in [-0.39, 0.29) is 18.0 Å². The van der Waals surface area contributed by atoms with E-state index in [9.17, 15) is 26.4 Å². The van der Waals surface area contributed by atoms with E-state index < -0.39 is 32.6 Å². The molecule has 0 spiro atoms. The van der Waals surface area contributed by atoms with Gasteiger partial charge in [-0.2, -0.15) is 13.2 Å². The van der Waals surface area contributed by atoms with E-state index in [0.29, 0.717) is 17.8 Å². The average Bonchev–Trinajstić information content (AvgIpc) is 2.54. The molecule has 0 saturated carbocycles. The molecule has 0 fully saturated rings. The van der Waals surface area contributed by atoms with Gasteiger partial charge in [-0.3, -0.25) is 4.79 Å². The first kappa shape index (κ1) is 20.2. The minimum Gasteiger partial charge on any atom is -0.326 e. The second-order valence-corrected chi connectivity index (χ2v) is 7.35. The van der Waals surface area contributed by atoms with Crippen LogP contribution in [0.2, 0.25) is 5.02 Å². The highest BCUT2D eigenvalue weighted by Crippen LogP contribution is 2.33. The van der Waals surface area contributed by atoms with Gasteiger partial charge in [0.25, 0.3) is 0 Å². The van der Waals surface area contributed by atoms with Gasteiger partial charge in [-0.25, -0.2) is 13.1 Å². The summed E-state index contributed by atoms with van der Waals surface area (Å²) in [7, 11) is -4.30. The Bertz CT molecular complexity index is 887. The Morgan fingerprint density at radius 3 is 2.35 bits per heavy atom. The Morgan fingerprint density at radius 1 is 1.08 bits per heavy atom. The van der Waals surface area contributed by atoms with Crippen LogP contribution in [0.1, 0.15) is 12.0 Å². The number of carbonyl (C=O) groups is 1. The maximum Gasteiger partial charge on any atom is 0.416 e. The molecule has 2 aromatic rings. The Balaban J connectivity index is 2.02. The van der Waals surface area contributed by atoms with Crippen LogP contribution in [-0.2, 0) is 21.0 Å². The number of rotatable bonds is 6. The topological polar surface area (TPSA) is 75.3 Å². The van der Waals surface area contributed by atoms with Crippen molar-refractivity contribution in [1.29, 1.82) is 0 Å². The first-order valence-electron chi connectivity index (χ1n) is 7.31. The number of para-hydroxylation sites is 1. The van der Waals surface area contributed by atoms with Gasteiger partial charge in [-0.1, -0.05) is 29.8 Å². The lowest BCUT2D eigenvalue weighted by molar-refractivity contribution is -0.137. The van der Waals surface area contributed by atoms with Gasteiger partial charge in [0.2, 0.25) is 15.9 Å². The Morgan fingerprint density at radius 2 is 1.73 bits per heavy atom. The second-order valence-electron chi connectivity index (χ2n) is 5.20. The van der Waals surface area contributed by atoms with E-state index >= 15 is 0 Å². The number of sulfonamides is 1. The summed E-state index contributed by atoms with van der Waals surface area (Å²) in [5, 5.41) is 2.21. The molecule has 0 aromatic heterocycles. The van der Waals surface area contributed by atoms with Gasteiger partial charge in [-0.15, -0.1) is 0 Å². The van der Waals surface area contributed by atoms with Crippen LogP contribution in [0.25, 0.3) is 0 Å². The molecule has 10 heteroatoms. The van der Waals surface area contributed by atoms with Crippen LogP contribution >= 0.6 is 11.6 Å². The third-order valence-corrected chi connectivity index (χ3v) is 5.19. The van der Waals surface area contributed by atoms with Crippen LogP contribution < -0.4 is 10.0 Å². The van der Waals surface area contributed by atoms with Crippen LogP contribution in [-0.4, -0.2) is 20.9 Å². The molecule has 0 bridgehead atoms. The van der Waals surface area contributed by atoms with Crippen LogP contribution in [0.4, 0.5) is 18.9 Å². The van der Waals surface area contributed by atoms with Gasteiger partial charge in [0, 0.05) is 18.7 Å². The summed E-state index contributed by atoms with van der Waals surface area (Å²) >= 11 is 5.71. The molecule has 26 heavy (non-hydrogen) atoms. The molecule has 0 unspecified atom stereocenters. The number of carbonyl (C=O) groups excluding carboxylic acids is 1. The predicted molar refractivity (Wildman–Crippen MR) is 91.3 cm³/mol. The normalized spacial score (nSPS) is 12.0. The second kappa shape index (κ2) is 8.07. The third kappa shape index (κ3) is 5.45. The lowest BCUT2D eigenvalue weighted by Gasteiger charge is -2.12. The van der Waals surface area contributed by atoms with Crippen molar-refractivity contribution >= 4 is 33.2 Å². The Hall–Kier alpha value is -2.10. The first-order valence-corrected chi connectivity index (χ1v) is 9.17. The molecule has 0 heterocycles. The summed E-state index contributed by atoms with van der Waals surface area (Å²) in [5.74, 6) is -0.450. The summed E-state index contributed by atoms with van der Waals surface area (Å²) in [6.45, 7) is -0.298. The summed E-state index contributed by atoms with van der Waals surface area (Å²) in [6.07, 6.45) is -4.91. The van der Waals surface area contributed by atoms with Gasteiger partial charge in [-0.05, 0) is 30.3 Å². The number of alkyl halides is 3. The van der Waals surface area contributed by atoms with Crippen LogP contribution in [0.15, 0.2) is 53.4 Å². The Kier molecular flexibility index (Phi) is 6.27. The fourth-order valence-corrected chi connectivity index (χ4v) is 3.56. The van der Waals surface area contributed by atoms with Crippen molar-refractivity contribution in [2.45, 2.75) is 17.5 Å². The highest BCUT2D eigenvalue weighted by molar-refractivity contribution is 7.89. The van der Waals surface area contributed by atoms with Crippen molar-refractivity contribution < 1.29 is 26.4 Å². The minimum absolute atomic E-state index is 0.204. The van der Waals surface area contributed by atoms with E-state index in [1.165, 1.54) is 0 Å². The maximum absolute atomic E-state index is 12.7. The SMILES string of the molecule is O=C(CCNS(=O)(=O)c1cc(C(F)(F)F)ccc1Cl)Nc1ccccc1. The molecule has 0 radical (unpaired) electrons. The molecule has 0 saturated heterocycles. The van der Waals surface area contributed by atoms with Gasteiger partial charge in [0.15, 0.2) is 0 Å². The summed E-state index contributed by atoms with van der Waals surface area (Å²) < 4.78 is 64.7. The fraction of sp³-hybridized carbons (Fsp3) is 0.188. The number of hydrogen-bond acceptors (Lipinski definition) is 3. The van der Waals surface area contributed by atoms with Crippen molar-refractivity contribution in [3.05, 3.63) is 59.1 Å². The molecular formula is C16H14ClF3N2O3S. The number of nitrogens with one attached hydrogen (secondary N) is 2. The molecule has 2 rings (SSSR count). The maximum atomic E-state index is 12.7. The zero-order valence-corrected chi connectivity index (χ0v) is 14.8. The van der Waals surface area contributed by atoms with Crippen molar-refractivity contribution in [3.8, 4) is 0 Å². The molecule has 5 nitrogen and oxygen atoms in total. The van der Waals surface area contributed by atoms with Crippen LogP contribution in [0.5, 0.6) is 0 Å². The molecule has 1 amide bonds. The lowest BCUT2D eigenvalue weighted by Crippen LogP contribution is -2.28. The zero-order valence-electron chi connectivity index (χ0n) is 13.2. The van der Waals surface area contributed by atoms with E-state index in [1.54, 1.807) is 30.3 Å². The monoisotopic (exact) mass is 406 g/mol. The van der Waals surface area contributed by atoms with Crippen molar-refractivity contribution in [1.82, 2.24) is 4.72 Å². The van der Waals surface area contributed by atoms with Crippen LogP contribution in [0, 0.1) is 0 Å². The average molecular weight is 407 g/mol. The van der Waals surface area contributed by atoms with E-state index in [1.807, 2.05) is 0 Å². The fourth-order valence-electron chi connectivity index (χ4n) is 2.01. The van der Waals surface area contributed by atoms with Crippen LogP contribution in [0.3, 0.4) is 0 Å². The zero-order chi connectivity index (χ0) is 19.4. The van der Waals surface area contributed by atoms with Crippen molar-refractivity contribution in [2.24, 2.45) is 0 Å². The molecular weight excluding hydrogens is 393 g/mol. The lowest BCUT2D eigenvalue weighted by atomic mass is 10.2. The molecule has 0 atom stereocenters. The standard InChI is InChI=1S/C16H14ClF3N2O3S/c17-13-7-6-11(16(18,19)20)10-14(13)26(24,25)21-9-8-15(23)22-12-4-2-1-3-5-12/h1-7,10,21H,8-9H2,(H,22,23). The van der Waals surface area contributed by atoms with E-state index in [2.05, 4.69) is 10.0 Å². The third-order valence-electron chi connectivity index (χ3n) is 3.25. The van der Waals surface area contributed by atoms with E-state index in [4.69, 9.17) is 11.6 Å². The number of benzene rings is 2. The predicted octanol–water partition coefficient (Wildman–Crippen LogP) is 3.67.